The Balaban J connectivity index is 1.27. The summed E-state index contributed by atoms with van der Waals surface area (Å²) in [4.78, 5) is 36.4. The Kier molecular flexibility index (Phi) is 8.73. The highest BCUT2D eigenvalue weighted by atomic mass is 35.5. The first-order valence-corrected chi connectivity index (χ1v) is 15.6. The monoisotopic (exact) mass is 658 g/mol. The molecule has 244 valence electrons. The fourth-order valence-electron chi connectivity index (χ4n) is 6.69. The molecule has 4 N–H and O–H groups in total. The van der Waals surface area contributed by atoms with Crippen LogP contribution in [0.5, 0.6) is 5.88 Å². The minimum Gasteiger partial charge on any atom is -0.480 e. The minimum absolute atomic E-state index is 0.166. The number of carbonyl (C=O) groups excluding carboxylic acids is 1. The molecule has 3 fully saturated rings. The molecule has 1 spiro atoms. The Morgan fingerprint density at radius 3 is 2.48 bits per heavy atom. The maximum atomic E-state index is 14.8. The van der Waals surface area contributed by atoms with Crippen molar-refractivity contribution in [2.45, 2.75) is 50.4 Å². The number of hydrogen-bond acceptors (Lipinski definition) is 8. The van der Waals surface area contributed by atoms with Gasteiger partial charge in [0.2, 0.25) is 17.9 Å². The van der Waals surface area contributed by atoms with Gasteiger partial charge < -0.3 is 30.7 Å². The summed E-state index contributed by atoms with van der Waals surface area (Å²) < 4.78 is 49.9. The summed E-state index contributed by atoms with van der Waals surface area (Å²) in [5.41, 5.74) is 6.51. The number of aromatic nitrogens is 2. The first kappa shape index (κ1) is 31.9. The third-order valence-electron chi connectivity index (χ3n) is 9.16. The first-order chi connectivity index (χ1) is 21.9. The number of anilines is 2. The number of alkyl halides is 3. The van der Waals surface area contributed by atoms with Gasteiger partial charge in [-0.15, -0.1) is 0 Å². The van der Waals surface area contributed by atoms with Crippen LogP contribution in [-0.4, -0.2) is 76.8 Å². The van der Waals surface area contributed by atoms with Crippen LogP contribution < -0.4 is 20.7 Å². The molecule has 3 aliphatic heterocycles. The van der Waals surface area contributed by atoms with Gasteiger partial charge in [0.15, 0.2) is 0 Å². The lowest BCUT2D eigenvalue weighted by molar-refractivity contribution is -0.198. The molecule has 0 aliphatic carbocycles. The van der Waals surface area contributed by atoms with Crippen LogP contribution >= 0.6 is 11.6 Å². The molecule has 0 bridgehead atoms. The molecule has 2 atom stereocenters. The molecule has 3 aromatic rings. The number of nitrogens with one attached hydrogen (secondary N) is 1. The van der Waals surface area contributed by atoms with Gasteiger partial charge in [0.1, 0.15) is 11.9 Å². The van der Waals surface area contributed by atoms with E-state index in [2.05, 4.69) is 15.3 Å². The zero-order valence-electron chi connectivity index (χ0n) is 24.9. The second-order valence-corrected chi connectivity index (χ2v) is 12.7. The number of ether oxygens (including phenoxy) is 1. The molecule has 1 unspecified atom stereocenters. The van der Waals surface area contributed by atoms with E-state index in [1.807, 2.05) is 4.90 Å². The summed E-state index contributed by atoms with van der Waals surface area (Å²) in [7, 11) is 0. The van der Waals surface area contributed by atoms with E-state index >= 15 is 0 Å². The topological polar surface area (TPSA) is 134 Å². The van der Waals surface area contributed by atoms with Crippen molar-refractivity contribution in [1.29, 1.82) is 0 Å². The van der Waals surface area contributed by atoms with Crippen LogP contribution in [0.4, 0.5) is 24.9 Å². The average molecular weight is 659 g/mol. The molecule has 3 aliphatic rings. The van der Waals surface area contributed by atoms with Crippen LogP contribution in [0.25, 0.3) is 11.1 Å². The number of likely N-dealkylation sites (tertiary alicyclic amines) is 1. The number of nitrogens with zero attached hydrogens (tertiary/aromatic N) is 4. The van der Waals surface area contributed by atoms with Crippen LogP contribution in [0.2, 0.25) is 5.02 Å². The van der Waals surface area contributed by atoms with Crippen LogP contribution in [-0.2, 0) is 4.79 Å². The predicted molar refractivity (Wildman–Crippen MR) is 166 cm³/mol. The molecule has 46 heavy (non-hydrogen) atoms. The van der Waals surface area contributed by atoms with E-state index in [0.29, 0.717) is 68.9 Å². The third kappa shape index (κ3) is 6.70. The third-order valence-corrected chi connectivity index (χ3v) is 9.40. The number of carbonyl (C=O) groups is 2. The number of nitrogens with two attached hydrogens (primary N) is 1. The Bertz CT molecular complexity index is 1630. The highest BCUT2D eigenvalue weighted by Crippen LogP contribution is 2.43. The van der Waals surface area contributed by atoms with Crippen molar-refractivity contribution >= 4 is 35.2 Å². The number of carboxylic acid groups (broad SMARTS) is 1. The molecule has 14 heteroatoms. The molecule has 3 saturated heterocycles. The van der Waals surface area contributed by atoms with E-state index in [0.717, 1.165) is 12.8 Å². The summed E-state index contributed by atoms with van der Waals surface area (Å²) in [6.45, 7) is 2.89. The zero-order chi connectivity index (χ0) is 32.6. The lowest BCUT2D eigenvalue weighted by atomic mass is 9.76. The molecule has 1 aromatic heterocycles. The average Bonchev–Trinajstić information content (AvgIpc) is 3.71. The molecule has 0 saturated carbocycles. The van der Waals surface area contributed by atoms with Gasteiger partial charge in [-0.25, -0.2) is 0 Å². The lowest BCUT2D eigenvalue weighted by Crippen LogP contribution is -2.41. The lowest BCUT2D eigenvalue weighted by Gasteiger charge is -2.39. The van der Waals surface area contributed by atoms with E-state index in [1.54, 1.807) is 29.2 Å². The van der Waals surface area contributed by atoms with E-state index < -0.39 is 24.3 Å². The highest BCUT2D eigenvalue weighted by Gasteiger charge is 2.46. The van der Waals surface area contributed by atoms with Crippen LogP contribution in [0.1, 0.15) is 54.1 Å². The van der Waals surface area contributed by atoms with E-state index in [9.17, 15) is 27.9 Å². The summed E-state index contributed by atoms with van der Waals surface area (Å²) in [5, 5.41) is 12.7. The fourth-order valence-corrected chi connectivity index (χ4v) is 6.86. The van der Waals surface area contributed by atoms with Crippen molar-refractivity contribution in [3.8, 4) is 17.0 Å². The molecular formula is C32H34ClF3N6O4. The zero-order valence-corrected chi connectivity index (χ0v) is 25.7. The number of piperidine rings is 1. The SMILES string of the molecule is Nc1nc(OC(c2ccc(Cl)cc2-c2cccc(C(=O)N3CCCC3)c2)C(F)(F)F)cc(N2CCC3(CC2)CN[C@H](C(=O)O)C3)n1. The summed E-state index contributed by atoms with van der Waals surface area (Å²) in [6.07, 6.45) is -3.60. The van der Waals surface area contributed by atoms with Crippen molar-refractivity contribution < 1.29 is 32.6 Å². The fraction of sp³-hybridized carbons (Fsp3) is 0.438. The van der Waals surface area contributed by atoms with Crippen molar-refractivity contribution in [1.82, 2.24) is 20.2 Å². The summed E-state index contributed by atoms with van der Waals surface area (Å²) in [5.74, 6) is -1.33. The number of nitrogen functional groups attached to an aromatic ring is 1. The number of aliphatic carboxylic acids is 1. The molecule has 1 amide bonds. The maximum Gasteiger partial charge on any atom is 0.429 e. The van der Waals surface area contributed by atoms with Gasteiger partial charge in [-0.2, -0.15) is 23.1 Å². The Morgan fingerprint density at radius 1 is 1.07 bits per heavy atom. The van der Waals surface area contributed by atoms with Gasteiger partial charge in [-0.1, -0.05) is 29.8 Å². The number of amides is 1. The summed E-state index contributed by atoms with van der Waals surface area (Å²) >= 11 is 6.27. The second kappa shape index (κ2) is 12.6. The largest absolute Gasteiger partial charge is 0.480 e. The molecule has 10 nitrogen and oxygen atoms in total. The number of hydrogen-bond donors (Lipinski definition) is 3. The quantitative estimate of drug-likeness (QED) is 0.308. The van der Waals surface area contributed by atoms with E-state index in [1.165, 1.54) is 24.3 Å². The number of rotatable bonds is 7. The van der Waals surface area contributed by atoms with E-state index in [4.69, 9.17) is 22.1 Å². The van der Waals surface area contributed by atoms with Gasteiger partial charge in [-0.3, -0.25) is 9.59 Å². The minimum atomic E-state index is -4.86. The molecule has 6 rings (SSSR count). The standard InChI is InChI=1S/C32H34ClF3N6O4/c33-21-6-7-22(23(15-21)19-4-3-5-20(14-19)28(43)42-10-1-2-11-42)27(32(34,35)36)46-26-16-25(39-30(37)40-26)41-12-8-31(9-13-41)17-24(29(44)45)38-18-31/h3-7,14-16,24,27,38H,1-2,8-13,17-18H2,(H,44,45)(H2,37,39,40)/t24-,27?/m0/s1. The Labute approximate surface area is 268 Å². The van der Waals surface area contributed by atoms with Crippen molar-refractivity contribution in [3.05, 3.63) is 64.7 Å². The highest BCUT2D eigenvalue weighted by molar-refractivity contribution is 6.30. The first-order valence-electron chi connectivity index (χ1n) is 15.2. The van der Waals surface area contributed by atoms with Crippen LogP contribution in [0.3, 0.4) is 0 Å². The maximum absolute atomic E-state index is 14.8. The number of benzene rings is 2. The smallest absolute Gasteiger partial charge is 0.429 e. The second-order valence-electron chi connectivity index (χ2n) is 12.2. The van der Waals surface area contributed by atoms with Crippen LogP contribution in [0, 0.1) is 5.41 Å². The number of carboxylic acids is 1. The van der Waals surface area contributed by atoms with Crippen LogP contribution in [0.15, 0.2) is 48.5 Å². The van der Waals surface area contributed by atoms with Crippen molar-refractivity contribution in [2.75, 3.05) is 43.4 Å². The molecule has 2 aromatic carbocycles. The van der Waals surface area contributed by atoms with Gasteiger partial charge in [0.05, 0.1) is 0 Å². The van der Waals surface area contributed by atoms with Crippen molar-refractivity contribution in [2.24, 2.45) is 5.41 Å². The van der Waals surface area contributed by atoms with Crippen molar-refractivity contribution in [3.63, 3.8) is 0 Å². The normalized spacial score (nSPS) is 20.2. The predicted octanol–water partition coefficient (Wildman–Crippen LogP) is 5.33. The van der Waals surface area contributed by atoms with Gasteiger partial charge in [0, 0.05) is 54.9 Å². The molecule has 0 radical (unpaired) electrons. The van der Waals surface area contributed by atoms with E-state index in [-0.39, 0.29) is 39.3 Å². The van der Waals surface area contributed by atoms with Gasteiger partial charge >= 0.3 is 12.1 Å². The van der Waals surface area contributed by atoms with Gasteiger partial charge in [0.25, 0.3) is 5.91 Å². The summed E-state index contributed by atoms with van der Waals surface area (Å²) in [6, 6.07) is 11.3. The number of halogens is 4. The molecule has 4 heterocycles. The Hall–Kier alpha value is -4.10. The van der Waals surface area contributed by atoms with Gasteiger partial charge in [-0.05, 0) is 72.9 Å². The molecular weight excluding hydrogens is 625 g/mol. The Morgan fingerprint density at radius 2 is 1.80 bits per heavy atom.